The molecule has 0 radical (unpaired) electrons. The van der Waals surface area contributed by atoms with Crippen molar-refractivity contribution in [1.82, 2.24) is 9.97 Å². The zero-order chi connectivity index (χ0) is 22.5. The maximum Gasteiger partial charge on any atom is 0.357 e. The normalized spacial score (nSPS) is 10.9. The molecule has 2 aromatic carbocycles. The van der Waals surface area contributed by atoms with Gasteiger partial charge in [0.2, 0.25) is 0 Å². The van der Waals surface area contributed by atoms with Gasteiger partial charge in [-0.15, -0.1) is 0 Å². The minimum absolute atomic E-state index is 0.115. The van der Waals surface area contributed by atoms with Crippen LogP contribution >= 0.6 is 23.2 Å². The van der Waals surface area contributed by atoms with Crippen LogP contribution in [0.5, 0.6) is 11.5 Å². The Morgan fingerprint density at radius 1 is 1.06 bits per heavy atom. The third-order valence-corrected chi connectivity index (χ3v) is 4.90. The summed E-state index contributed by atoms with van der Waals surface area (Å²) in [4.78, 5) is 37.5. The van der Waals surface area contributed by atoms with Crippen LogP contribution in [-0.4, -0.2) is 22.0 Å². The highest BCUT2D eigenvalue weighted by atomic mass is 35.5. The average molecular weight is 464 g/mol. The van der Waals surface area contributed by atoms with Gasteiger partial charge in [0, 0.05) is 15.6 Å². The average Bonchev–Trinajstić information content (AvgIpc) is 2.71. The molecule has 0 unspecified atom stereocenters. The van der Waals surface area contributed by atoms with Gasteiger partial charge in [0.05, 0.1) is 12.0 Å². The lowest BCUT2D eigenvalue weighted by molar-refractivity contribution is -0.386. The Kier molecular flexibility index (Phi) is 6.78. The Labute approximate surface area is 185 Å². The summed E-state index contributed by atoms with van der Waals surface area (Å²) in [6.45, 7) is 0.115. The fourth-order valence-corrected chi connectivity index (χ4v) is 3.21. The number of H-pyrrole nitrogens is 2. The maximum absolute atomic E-state index is 11.7. The summed E-state index contributed by atoms with van der Waals surface area (Å²) in [5, 5.41) is 12.1. The molecule has 11 heteroatoms. The summed E-state index contributed by atoms with van der Waals surface area (Å²) in [6.07, 6.45) is 2.74. The van der Waals surface area contributed by atoms with E-state index in [1.807, 2.05) is 4.98 Å². The molecule has 0 fully saturated rings. The van der Waals surface area contributed by atoms with Crippen LogP contribution in [-0.2, 0) is 6.61 Å². The first-order valence-electron chi connectivity index (χ1n) is 8.73. The molecule has 0 amide bonds. The SMILES string of the molecule is COc1cc(/C=C/c2[nH]c(=O)[nH]c(=O)c2[N+](=O)[O-])ccc1OCc1c(Cl)cccc1Cl. The van der Waals surface area contributed by atoms with E-state index in [-0.39, 0.29) is 12.3 Å². The van der Waals surface area contributed by atoms with Gasteiger partial charge in [-0.1, -0.05) is 41.4 Å². The van der Waals surface area contributed by atoms with Crippen LogP contribution in [0.1, 0.15) is 16.8 Å². The van der Waals surface area contributed by atoms with Crippen molar-refractivity contribution in [2.75, 3.05) is 7.11 Å². The van der Waals surface area contributed by atoms with E-state index in [0.29, 0.717) is 32.7 Å². The third-order valence-electron chi connectivity index (χ3n) is 4.19. The molecule has 9 nitrogen and oxygen atoms in total. The molecule has 0 spiro atoms. The van der Waals surface area contributed by atoms with Crippen LogP contribution in [0, 0.1) is 10.1 Å². The Balaban J connectivity index is 1.86. The largest absolute Gasteiger partial charge is 0.493 e. The second-order valence-electron chi connectivity index (χ2n) is 6.16. The number of benzene rings is 2. The lowest BCUT2D eigenvalue weighted by atomic mass is 10.1. The number of rotatable bonds is 7. The van der Waals surface area contributed by atoms with E-state index in [0.717, 1.165) is 0 Å². The molecule has 160 valence electrons. The zero-order valence-electron chi connectivity index (χ0n) is 16.0. The van der Waals surface area contributed by atoms with E-state index in [9.17, 15) is 19.7 Å². The number of hydrogen-bond acceptors (Lipinski definition) is 6. The number of methoxy groups -OCH3 is 1. The Morgan fingerprint density at radius 2 is 1.77 bits per heavy atom. The molecule has 0 saturated heterocycles. The van der Waals surface area contributed by atoms with Crippen LogP contribution < -0.4 is 20.7 Å². The Bertz CT molecular complexity index is 1260. The maximum atomic E-state index is 11.7. The van der Waals surface area contributed by atoms with Crippen molar-refractivity contribution < 1.29 is 14.4 Å². The zero-order valence-corrected chi connectivity index (χ0v) is 17.5. The summed E-state index contributed by atoms with van der Waals surface area (Å²) in [5.41, 5.74) is -1.73. The van der Waals surface area contributed by atoms with Gasteiger partial charge in [-0.3, -0.25) is 19.9 Å². The molecule has 3 aromatic rings. The summed E-state index contributed by atoms with van der Waals surface area (Å²) in [5.74, 6) is 0.811. The number of nitrogens with zero attached hydrogens (tertiary/aromatic N) is 1. The number of hydrogen-bond donors (Lipinski definition) is 2. The standard InChI is InChI=1S/C20H15Cl2N3O6/c1-30-17-9-11(5-7-15-18(25(28)29)19(26)24-20(27)23-15)6-8-16(17)31-10-12-13(21)3-2-4-14(12)22/h2-9H,10H2,1H3,(H2,23,24,26,27)/b7-5+. The Hall–Kier alpha value is -3.56. The highest BCUT2D eigenvalue weighted by molar-refractivity contribution is 6.35. The molecule has 0 aliphatic rings. The molecule has 0 aliphatic heterocycles. The first-order valence-corrected chi connectivity index (χ1v) is 9.48. The summed E-state index contributed by atoms with van der Waals surface area (Å²) in [7, 11) is 1.46. The quantitative estimate of drug-likeness (QED) is 0.402. The van der Waals surface area contributed by atoms with E-state index in [4.69, 9.17) is 32.7 Å². The van der Waals surface area contributed by atoms with Gasteiger partial charge in [-0.2, -0.15) is 0 Å². The smallest absolute Gasteiger partial charge is 0.357 e. The van der Waals surface area contributed by atoms with Crippen LogP contribution in [0.25, 0.3) is 12.2 Å². The van der Waals surface area contributed by atoms with Crippen molar-refractivity contribution in [3.05, 3.63) is 94.2 Å². The molecule has 0 saturated carbocycles. The topological polar surface area (TPSA) is 127 Å². The molecule has 2 N–H and O–H groups in total. The first kappa shape index (κ1) is 22.1. The third kappa shape index (κ3) is 5.14. The number of nitro groups is 1. The minimum atomic E-state index is -1.09. The minimum Gasteiger partial charge on any atom is -0.493 e. The van der Waals surface area contributed by atoms with Crippen molar-refractivity contribution in [2.24, 2.45) is 0 Å². The first-order chi connectivity index (χ1) is 14.8. The number of aromatic amines is 2. The second kappa shape index (κ2) is 9.50. The molecular formula is C20H15Cl2N3O6. The van der Waals surface area contributed by atoms with Crippen molar-refractivity contribution in [3.63, 3.8) is 0 Å². The molecule has 0 atom stereocenters. The van der Waals surface area contributed by atoms with Gasteiger partial charge in [-0.05, 0) is 35.9 Å². The molecule has 0 aliphatic carbocycles. The number of aromatic nitrogens is 2. The number of nitrogens with one attached hydrogen (secondary N) is 2. The van der Waals surface area contributed by atoms with Gasteiger partial charge < -0.3 is 14.5 Å². The van der Waals surface area contributed by atoms with Crippen molar-refractivity contribution in [1.29, 1.82) is 0 Å². The lowest BCUT2D eigenvalue weighted by Gasteiger charge is -2.13. The van der Waals surface area contributed by atoms with E-state index in [1.54, 1.807) is 36.4 Å². The summed E-state index contributed by atoms with van der Waals surface area (Å²) < 4.78 is 11.1. The predicted octanol–water partition coefficient (Wildman–Crippen LogP) is 4.04. The Morgan fingerprint density at radius 3 is 2.42 bits per heavy atom. The highest BCUT2D eigenvalue weighted by Gasteiger charge is 2.18. The molecule has 31 heavy (non-hydrogen) atoms. The molecular weight excluding hydrogens is 449 g/mol. The predicted molar refractivity (Wildman–Crippen MR) is 117 cm³/mol. The van der Waals surface area contributed by atoms with Crippen LogP contribution in [0.15, 0.2) is 46.0 Å². The monoisotopic (exact) mass is 463 g/mol. The second-order valence-corrected chi connectivity index (χ2v) is 6.97. The van der Waals surface area contributed by atoms with E-state index < -0.39 is 21.9 Å². The van der Waals surface area contributed by atoms with Crippen LogP contribution in [0.2, 0.25) is 10.0 Å². The van der Waals surface area contributed by atoms with E-state index >= 15 is 0 Å². The molecule has 1 aromatic heterocycles. The van der Waals surface area contributed by atoms with Crippen LogP contribution in [0.4, 0.5) is 5.69 Å². The summed E-state index contributed by atoms with van der Waals surface area (Å²) >= 11 is 12.3. The van der Waals surface area contributed by atoms with Gasteiger partial charge >= 0.3 is 16.9 Å². The lowest BCUT2D eigenvalue weighted by Crippen LogP contribution is -2.25. The molecule has 1 heterocycles. The number of ether oxygens (including phenoxy) is 2. The number of halogens is 2. The van der Waals surface area contributed by atoms with Gasteiger partial charge in [0.1, 0.15) is 12.3 Å². The van der Waals surface area contributed by atoms with Crippen molar-refractivity contribution >= 4 is 41.0 Å². The fourth-order valence-electron chi connectivity index (χ4n) is 2.71. The molecule has 0 bridgehead atoms. The fraction of sp³-hybridized carbons (Fsp3) is 0.100. The van der Waals surface area contributed by atoms with Gasteiger partial charge in [0.15, 0.2) is 11.5 Å². The van der Waals surface area contributed by atoms with Crippen molar-refractivity contribution in [2.45, 2.75) is 6.61 Å². The van der Waals surface area contributed by atoms with Gasteiger partial charge in [0.25, 0.3) is 0 Å². The summed E-state index contributed by atoms with van der Waals surface area (Å²) in [6, 6.07) is 10.1. The highest BCUT2D eigenvalue weighted by Crippen LogP contribution is 2.32. The molecule has 3 rings (SSSR count). The van der Waals surface area contributed by atoms with Gasteiger partial charge in [-0.25, -0.2) is 4.79 Å². The van der Waals surface area contributed by atoms with Crippen LogP contribution in [0.3, 0.4) is 0 Å². The van der Waals surface area contributed by atoms with Crippen molar-refractivity contribution in [3.8, 4) is 11.5 Å². The van der Waals surface area contributed by atoms with E-state index in [1.165, 1.54) is 19.3 Å². The van der Waals surface area contributed by atoms with E-state index in [2.05, 4.69) is 4.98 Å².